The molecule has 7 heteroatoms. The number of unbranched alkanes of at least 4 members (excludes halogenated alkanes) is 15. The van der Waals surface area contributed by atoms with Gasteiger partial charge in [-0.2, -0.15) is 0 Å². The Balaban J connectivity index is 4.41. The summed E-state index contributed by atoms with van der Waals surface area (Å²) in [6.07, 6.45) is 45.8. The van der Waals surface area contributed by atoms with Gasteiger partial charge in [-0.05, 0) is 109 Å². The van der Waals surface area contributed by atoms with E-state index in [0.717, 1.165) is 96.3 Å². The Hall–Kier alpha value is -2.67. The summed E-state index contributed by atoms with van der Waals surface area (Å²) in [7, 11) is 0. The van der Waals surface area contributed by atoms with E-state index in [0.29, 0.717) is 32.2 Å². The Labute approximate surface area is 313 Å². The third-order valence-corrected chi connectivity index (χ3v) is 9.12. The molecule has 0 radical (unpaired) electrons. The molecule has 7 nitrogen and oxygen atoms in total. The molecule has 0 heterocycles. The highest BCUT2D eigenvalue weighted by molar-refractivity contribution is 5.83. The van der Waals surface area contributed by atoms with Crippen LogP contribution in [0, 0.1) is 0 Å². The molecule has 0 aliphatic carbocycles. The highest BCUT2D eigenvalue weighted by Gasteiger charge is 2.19. The van der Waals surface area contributed by atoms with Crippen LogP contribution in [0.15, 0.2) is 48.6 Å². The van der Waals surface area contributed by atoms with Crippen LogP contribution < -0.4 is 11.1 Å². The Kier molecular flexibility index (Phi) is 36.5. The molecule has 0 saturated carbocycles. The summed E-state index contributed by atoms with van der Waals surface area (Å²) in [5.74, 6) is -1.28. The van der Waals surface area contributed by atoms with Crippen molar-refractivity contribution < 1.29 is 24.2 Å². The number of esters is 1. The summed E-state index contributed by atoms with van der Waals surface area (Å²) in [6, 6.07) is -0.862. The first-order chi connectivity index (χ1) is 24.9. The second-order valence-corrected chi connectivity index (χ2v) is 14.0. The monoisotopic (exact) mass is 715 g/mol. The number of aliphatic carboxylic acids is 1. The molecule has 1 amide bonds. The number of ether oxygens (including phenoxy) is 1. The van der Waals surface area contributed by atoms with Crippen LogP contribution in [0.1, 0.15) is 194 Å². The van der Waals surface area contributed by atoms with Gasteiger partial charge >= 0.3 is 11.9 Å². The molecule has 0 aliphatic heterocycles. The zero-order valence-electron chi connectivity index (χ0n) is 32.9. The molecule has 0 bridgehead atoms. The SMILES string of the molecule is CCCC/C=C\C/C=C\CCCCCCCC(=O)OC(CCC/C=C\C/C=C\CCCCC)CCCCCCCC(=O)NC(CCCN)C(=O)O. The Morgan fingerprint density at radius 2 is 1.06 bits per heavy atom. The molecule has 0 aromatic rings. The van der Waals surface area contributed by atoms with Gasteiger partial charge in [0, 0.05) is 12.8 Å². The second kappa shape index (κ2) is 38.6. The fourth-order valence-electron chi connectivity index (χ4n) is 5.91. The zero-order chi connectivity index (χ0) is 37.5. The molecule has 0 fully saturated rings. The number of allylic oxidation sites excluding steroid dienone is 8. The van der Waals surface area contributed by atoms with Crippen molar-refractivity contribution in [1.82, 2.24) is 5.32 Å². The van der Waals surface area contributed by atoms with Gasteiger partial charge in [-0.1, -0.05) is 127 Å². The number of carbonyl (C=O) groups is 3. The van der Waals surface area contributed by atoms with Crippen LogP contribution in [0.2, 0.25) is 0 Å². The second-order valence-electron chi connectivity index (χ2n) is 14.0. The molecule has 0 aliphatic rings. The van der Waals surface area contributed by atoms with Gasteiger partial charge in [0.2, 0.25) is 5.91 Å². The largest absolute Gasteiger partial charge is 0.480 e. The van der Waals surface area contributed by atoms with E-state index >= 15 is 0 Å². The lowest BCUT2D eigenvalue weighted by atomic mass is 10.0. The summed E-state index contributed by atoms with van der Waals surface area (Å²) in [5.41, 5.74) is 5.48. The third-order valence-electron chi connectivity index (χ3n) is 9.12. The number of hydrogen-bond donors (Lipinski definition) is 3. The van der Waals surface area contributed by atoms with Gasteiger partial charge in [-0.25, -0.2) is 4.79 Å². The van der Waals surface area contributed by atoms with E-state index in [1.165, 1.54) is 57.8 Å². The number of nitrogens with one attached hydrogen (secondary N) is 1. The molecule has 51 heavy (non-hydrogen) atoms. The predicted molar refractivity (Wildman–Crippen MR) is 216 cm³/mol. The van der Waals surface area contributed by atoms with Crippen molar-refractivity contribution in [2.75, 3.05) is 6.54 Å². The first kappa shape index (κ1) is 48.3. The Morgan fingerprint density at radius 3 is 1.65 bits per heavy atom. The van der Waals surface area contributed by atoms with Crippen molar-refractivity contribution in [3.8, 4) is 0 Å². The lowest BCUT2D eigenvalue weighted by molar-refractivity contribution is -0.150. The minimum Gasteiger partial charge on any atom is -0.480 e. The third kappa shape index (κ3) is 35.5. The van der Waals surface area contributed by atoms with E-state index in [2.05, 4.69) is 67.8 Å². The van der Waals surface area contributed by atoms with Crippen molar-refractivity contribution in [1.29, 1.82) is 0 Å². The summed E-state index contributed by atoms with van der Waals surface area (Å²) in [4.78, 5) is 36.3. The Morgan fingerprint density at radius 1 is 0.569 bits per heavy atom. The van der Waals surface area contributed by atoms with Crippen LogP contribution in [0.5, 0.6) is 0 Å². The van der Waals surface area contributed by atoms with Crippen LogP contribution in [0.4, 0.5) is 0 Å². The van der Waals surface area contributed by atoms with Crippen molar-refractivity contribution in [3.63, 3.8) is 0 Å². The fraction of sp³-hybridized carbons (Fsp3) is 0.750. The molecule has 0 spiro atoms. The summed E-state index contributed by atoms with van der Waals surface area (Å²) >= 11 is 0. The molecule has 0 aromatic carbocycles. The summed E-state index contributed by atoms with van der Waals surface area (Å²) in [6.45, 7) is 4.86. The van der Waals surface area contributed by atoms with Gasteiger partial charge in [0.15, 0.2) is 0 Å². The van der Waals surface area contributed by atoms with Gasteiger partial charge in [0.05, 0.1) is 0 Å². The van der Waals surface area contributed by atoms with Crippen LogP contribution in [0.25, 0.3) is 0 Å². The average Bonchev–Trinajstić information content (AvgIpc) is 3.11. The van der Waals surface area contributed by atoms with Crippen molar-refractivity contribution >= 4 is 17.8 Å². The Bertz CT molecular complexity index is 942. The molecule has 2 unspecified atom stereocenters. The molecule has 2 atom stereocenters. The lowest BCUT2D eigenvalue weighted by Crippen LogP contribution is -2.40. The smallest absolute Gasteiger partial charge is 0.326 e. The lowest BCUT2D eigenvalue weighted by Gasteiger charge is -2.18. The van der Waals surface area contributed by atoms with E-state index in [9.17, 15) is 19.5 Å². The first-order valence-electron chi connectivity index (χ1n) is 21.0. The van der Waals surface area contributed by atoms with Crippen LogP contribution >= 0.6 is 0 Å². The zero-order valence-corrected chi connectivity index (χ0v) is 32.9. The van der Waals surface area contributed by atoms with Crippen molar-refractivity contribution in [2.24, 2.45) is 5.73 Å². The van der Waals surface area contributed by atoms with Gasteiger partial charge in [0.25, 0.3) is 0 Å². The van der Waals surface area contributed by atoms with E-state index in [1.807, 2.05) is 0 Å². The van der Waals surface area contributed by atoms with E-state index in [-0.39, 0.29) is 18.0 Å². The van der Waals surface area contributed by atoms with Crippen LogP contribution in [-0.4, -0.2) is 41.6 Å². The number of amides is 1. The number of nitrogens with two attached hydrogens (primary N) is 1. The highest BCUT2D eigenvalue weighted by atomic mass is 16.5. The van der Waals surface area contributed by atoms with Gasteiger partial charge in [0.1, 0.15) is 12.1 Å². The molecule has 0 rings (SSSR count). The minimum absolute atomic E-state index is 0.0371. The van der Waals surface area contributed by atoms with E-state index < -0.39 is 12.0 Å². The maximum Gasteiger partial charge on any atom is 0.326 e. The molecular weight excluding hydrogens is 636 g/mol. The number of rotatable bonds is 37. The average molecular weight is 715 g/mol. The van der Waals surface area contributed by atoms with E-state index in [1.54, 1.807) is 0 Å². The molecule has 0 aromatic heterocycles. The van der Waals surface area contributed by atoms with E-state index in [4.69, 9.17) is 10.5 Å². The maximum absolute atomic E-state index is 12.7. The van der Waals surface area contributed by atoms with Crippen molar-refractivity contribution in [3.05, 3.63) is 48.6 Å². The van der Waals surface area contributed by atoms with Gasteiger partial charge in [-0.3, -0.25) is 9.59 Å². The summed E-state index contributed by atoms with van der Waals surface area (Å²) in [5, 5.41) is 11.9. The topological polar surface area (TPSA) is 119 Å². The minimum atomic E-state index is -1.01. The standard InChI is InChI=1S/C44H78N2O5/c1-3-5-7-9-11-13-15-16-17-19-21-23-28-32-38-43(48)51-40(34-29-25-22-20-18-14-12-10-8-6-4-2)35-30-26-24-27-31-37-42(47)46-41(44(49)50)36-33-39-45/h9,11-12,14-16,20,22,40-41H,3-8,10,13,17-19,21,23-39,45H2,1-2H3,(H,46,47)(H,49,50)/b11-9-,14-12-,16-15-,22-20-. The first-order valence-corrected chi connectivity index (χ1v) is 21.0. The maximum atomic E-state index is 12.7. The number of carboxylic acids is 1. The highest BCUT2D eigenvalue weighted by Crippen LogP contribution is 2.17. The van der Waals surface area contributed by atoms with Crippen molar-refractivity contribution in [2.45, 2.75) is 206 Å². The number of carboxylic acid groups (broad SMARTS) is 1. The van der Waals surface area contributed by atoms with Gasteiger partial charge < -0.3 is 20.9 Å². The molecule has 294 valence electrons. The van der Waals surface area contributed by atoms with Gasteiger partial charge in [-0.15, -0.1) is 0 Å². The van der Waals surface area contributed by atoms with Crippen LogP contribution in [0.3, 0.4) is 0 Å². The fourth-order valence-corrected chi connectivity index (χ4v) is 5.91. The molecule has 0 saturated heterocycles. The number of hydrogen-bond acceptors (Lipinski definition) is 5. The molecule has 4 N–H and O–H groups in total. The van der Waals surface area contributed by atoms with Crippen LogP contribution in [-0.2, 0) is 19.1 Å². The quantitative estimate of drug-likeness (QED) is 0.0335. The number of carbonyl (C=O) groups excluding carboxylic acids is 2. The molecular formula is C44H78N2O5. The predicted octanol–water partition coefficient (Wildman–Crippen LogP) is 11.6. The normalized spacial score (nSPS) is 13.2. The summed E-state index contributed by atoms with van der Waals surface area (Å²) < 4.78 is 6.00.